The summed E-state index contributed by atoms with van der Waals surface area (Å²) in [5, 5.41) is 0.573. The molecule has 0 fully saturated rings. The third-order valence-electron chi connectivity index (χ3n) is 1.98. The summed E-state index contributed by atoms with van der Waals surface area (Å²) in [6.07, 6.45) is 2.94. The number of hydrogen-bond donors (Lipinski definition) is 2. The van der Waals surface area contributed by atoms with Gasteiger partial charge in [0.25, 0.3) is 11.1 Å². The number of thioether (sulfide) groups is 1. The molecule has 1 amide bonds. The number of oxazole rings is 1. The molecule has 7 heteroatoms. The van der Waals surface area contributed by atoms with Gasteiger partial charge in [0.1, 0.15) is 18.3 Å². The molecule has 0 atom stereocenters. The van der Waals surface area contributed by atoms with Gasteiger partial charge in [-0.05, 0) is 13.0 Å². The van der Waals surface area contributed by atoms with Crippen molar-refractivity contribution in [2.24, 2.45) is 5.84 Å². The largest absolute Gasteiger partial charge is 0.468 e. The second-order valence-corrected chi connectivity index (χ2v) is 4.25. The minimum atomic E-state index is -0.378. The number of aromatic nitrogens is 1. The first kappa shape index (κ1) is 11.7. The summed E-state index contributed by atoms with van der Waals surface area (Å²) < 4.78 is 10.4. The maximum absolute atomic E-state index is 11.2. The molecule has 2 heterocycles. The molecule has 17 heavy (non-hydrogen) atoms. The van der Waals surface area contributed by atoms with Gasteiger partial charge < -0.3 is 8.83 Å². The number of hydrogen-bond acceptors (Lipinski definition) is 6. The Balaban J connectivity index is 1.95. The van der Waals surface area contributed by atoms with E-state index in [9.17, 15) is 4.79 Å². The molecule has 0 saturated carbocycles. The molecule has 90 valence electrons. The molecule has 0 aliphatic rings. The van der Waals surface area contributed by atoms with Gasteiger partial charge in [-0.3, -0.25) is 10.2 Å². The fourth-order valence-electron chi connectivity index (χ4n) is 1.19. The van der Waals surface area contributed by atoms with Crippen LogP contribution in [-0.4, -0.2) is 10.9 Å². The molecule has 0 unspecified atom stereocenters. The van der Waals surface area contributed by atoms with Crippen LogP contribution in [0, 0.1) is 6.92 Å². The lowest BCUT2D eigenvalue weighted by atomic mass is 10.3. The van der Waals surface area contributed by atoms with Crippen LogP contribution in [0.5, 0.6) is 0 Å². The van der Waals surface area contributed by atoms with Gasteiger partial charge in [-0.1, -0.05) is 11.8 Å². The molecule has 2 rings (SSSR count). The summed E-state index contributed by atoms with van der Waals surface area (Å²) in [5.41, 5.74) is 3.26. The molecule has 0 bridgehead atoms. The van der Waals surface area contributed by atoms with E-state index < -0.39 is 0 Å². The van der Waals surface area contributed by atoms with Crippen molar-refractivity contribution in [1.82, 2.24) is 10.4 Å². The second-order valence-electron chi connectivity index (χ2n) is 3.32. The van der Waals surface area contributed by atoms with E-state index in [-0.39, 0.29) is 5.91 Å². The normalized spacial score (nSPS) is 10.5. The zero-order valence-electron chi connectivity index (χ0n) is 9.10. The predicted octanol–water partition coefficient (Wildman–Crippen LogP) is 1.47. The lowest BCUT2D eigenvalue weighted by Crippen LogP contribution is -2.29. The summed E-state index contributed by atoms with van der Waals surface area (Å²) in [4.78, 5) is 15.3. The summed E-state index contributed by atoms with van der Waals surface area (Å²) >= 11 is 1.39. The molecule has 2 aromatic heterocycles. The summed E-state index contributed by atoms with van der Waals surface area (Å²) in [5.74, 6) is 5.83. The number of hydrazine groups is 1. The van der Waals surface area contributed by atoms with Gasteiger partial charge in [0, 0.05) is 0 Å². The molecule has 0 aromatic carbocycles. The Morgan fingerprint density at radius 2 is 2.35 bits per heavy atom. The zero-order valence-corrected chi connectivity index (χ0v) is 9.91. The van der Waals surface area contributed by atoms with E-state index in [1.807, 2.05) is 12.3 Å². The monoisotopic (exact) mass is 253 g/mol. The first-order valence-electron chi connectivity index (χ1n) is 4.82. The van der Waals surface area contributed by atoms with Crippen LogP contribution in [0.1, 0.15) is 21.8 Å². The Kier molecular flexibility index (Phi) is 3.50. The highest BCUT2D eigenvalue weighted by Gasteiger charge is 2.10. The fraction of sp³-hybridized carbons (Fsp3) is 0.200. The standard InChI is InChI=1S/C10H11N3O3S/c1-6-3-16-10(12-6)17-5-8-2-7(4-15-8)9(14)13-11/h2-4H,5,11H2,1H3,(H,13,14). The molecule has 0 aliphatic carbocycles. The average molecular weight is 253 g/mol. The van der Waals surface area contributed by atoms with E-state index in [0.29, 0.717) is 22.3 Å². The highest BCUT2D eigenvalue weighted by molar-refractivity contribution is 7.98. The molecular weight excluding hydrogens is 242 g/mol. The molecule has 0 saturated heterocycles. The summed E-state index contributed by atoms with van der Waals surface area (Å²) in [6, 6.07) is 1.63. The number of aryl methyl sites for hydroxylation is 1. The van der Waals surface area contributed by atoms with E-state index >= 15 is 0 Å². The van der Waals surface area contributed by atoms with Crippen molar-refractivity contribution < 1.29 is 13.6 Å². The third-order valence-corrected chi connectivity index (χ3v) is 2.85. The summed E-state index contributed by atoms with van der Waals surface area (Å²) in [6.45, 7) is 1.85. The lowest BCUT2D eigenvalue weighted by Gasteiger charge is -1.92. The van der Waals surface area contributed by atoms with Crippen LogP contribution in [0.15, 0.2) is 32.6 Å². The maximum Gasteiger partial charge on any atom is 0.268 e. The second kappa shape index (κ2) is 5.07. The first-order valence-corrected chi connectivity index (χ1v) is 5.81. The number of carbonyl (C=O) groups excluding carboxylic acids is 1. The van der Waals surface area contributed by atoms with Crippen molar-refractivity contribution in [3.63, 3.8) is 0 Å². The van der Waals surface area contributed by atoms with Crippen LogP contribution < -0.4 is 11.3 Å². The van der Waals surface area contributed by atoms with Gasteiger partial charge in [0.15, 0.2) is 0 Å². The molecule has 2 aromatic rings. The number of nitrogens with zero attached hydrogens (tertiary/aromatic N) is 1. The van der Waals surface area contributed by atoms with Crippen LogP contribution in [0.25, 0.3) is 0 Å². The Bertz CT molecular complexity index is 520. The van der Waals surface area contributed by atoms with Gasteiger partial charge in [-0.25, -0.2) is 10.8 Å². The number of carbonyl (C=O) groups is 1. The highest BCUT2D eigenvalue weighted by Crippen LogP contribution is 2.22. The smallest absolute Gasteiger partial charge is 0.268 e. The minimum Gasteiger partial charge on any atom is -0.468 e. The van der Waals surface area contributed by atoms with Gasteiger partial charge in [0.05, 0.1) is 17.0 Å². The topological polar surface area (TPSA) is 94.3 Å². The molecule has 6 nitrogen and oxygen atoms in total. The van der Waals surface area contributed by atoms with Crippen LogP contribution in [0.4, 0.5) is 0 Å². The Labute approximate surface area is 102 Å². The highest BCUT2D eigenvalue weighted by atomic mass is 32.2. The Morgan fingerprint density at radius 1 is 1.53 bits per heavy atom. The van der Waals surface area contributed by atoms with Crippen LogP contribution in [0.2, 0.25) is 0 Å². The van der Waals surface area contributed by atoms with Crippen molar-refractivity contribution in [2.75, 3.05) is 0 Å². The van der Waals surface area contributed by atoms with E-state index in [1.54, 1.807) is 12.3 Å². The van der Waals surface area contributed by atoms with E-state index in [4.69, 9.17) is 14.7 Å². The van der Waals surface area contributed by atoms with E-state index in [2.05, 4.69) is 4.98 Å². The molecule has 0 spiro atoms. The fourth-order valence-corrected chi connectivity index (χ4v) is 1.93. The van der Waals surface area contributed by atoms with E-state index in [0.717, 1.165) is 5.69 Å². The van der Waals surface area contributed by atoms with Crippen LogP contribution in [-0.2, 0) is 5.75 Å². The number of rotatable bonds is 4. The Morgan fingerprint density at radius 3 is 3.00 bits per heavy atom. The summed E-state index contributed by atoms with van der Waals surface area (Å²) in [7, 11) is 0. The van der Waals surface area contributed by atoms with Crippen molar-refractivity contribution in [2.45, 2.75) is 17.9 Å². The van der Waals surface area contributed by atoms with Gasteiger partial charge in [0.2, 0.25) is 0 Å². The molecule has 3 N–H and O–H groups in total. The molecule has 0 radical (unpaired) electrons. The van der Waals surface area contributed by atoms with Crippen molar-refractivity contribution in [3.05, 3.63) is 35.6 Å². The molecular formula is C10H11N3O3S. The zero-order chi connectivity index (χ0) is 12.3. The average Bonchev–Trinajstić information content (AvgIpc) is 2.94. The quantitative estimate of drug-likeness (QED) is 0.371. The van der Waals surface area contributed by atoms with Crippen molar-refractivity contribution in [3.8, 4) is 0 Å². The number of nitrogens with two attached hydrogens (primary N) is 1. The van der Waals surface area contributed by atoms with Crippen LogP contribution in [0.3, 0.4) is 0 Å². The van der Waals surface area contributed by atoms with Gasteiger partial charge in [-0.2, -0.15) is 0 Å². The third kappa shape index (κ3) is 2.89. The van der Waals surface area contributed by atoms with Crippen LogP contribution >= 0.6 is 11.8 Å². The van der Waals surface area contributed by atoms with E-state index in [1.165, 1.54) is 18.0 Å². The maximum atomic E-state index is 11.2. The predicted molar refractivity (Wildman–Crippen MR) is 61.2 cm³/mol. The number of nitrogens with one attached hydrogen (secondary N) is 1. The Hall–Kier alpha value is -1.73. The lowest BCUT2D eigenvalue weighted by molar-refractivity contribution is 0.0953. The van der Waals surface area contributed by atoms with Crippen molar-refractivity contribution in [1.29, 1.82) is 0 Å². The van der Waals surface area contributed by atoms with Crippen molar-refractivity contribution >= 4 is 17.7 Å². The number of nitrogen functional groups attached to an aromatic ring is 1. The SMILES string of the molecule is Cc1coc(SCc2cc(C(=O)NN)co2)n1. The molecule has 0 aliphatic heterocycles. The minimum absolute atomic E-state index is 0.378. The van der Waals surface area contributed by atoms with Gasteiger partial charge >= 0.3 is 0 Å². The number of furan rings is 1. The first-order chi connectivity index (χ1) is 8.19. The van der Waals surface area contributed by atoms with Gasteiger partial charge in [-0.15, -0.1) is 0 Å². The number of amides is 1.